The Hall–Kier alpha value is -2.42. The van der Waals surface area contributed by atoms with E-state index in [2.05, 4.69) is 17.2 Å². The van der Waals surface area contributed by atoms with E-state index >= 15 is 0 Å². The van der Waals surface area contributed by atoms with Crippen molar-refractivity contribution >= 4 is 17.1 Å². The number of hydrogen-bond acceptors (Lipinski definition) is 5. The van der Waals surface area contributed by atoms with Crippen molar-refractivity contribution in [1.82, 2.24) is 28.9 Å². The molecule has 2 aromatic rings. The summed E-state index contributed by atoms with van der Waals surface area (Å²) in [6.07, 6.45) is 3.43. The Balaban J connectivity index is 1.75. The zero-order chi connectivity index (χ0) is 18.8. The van der Waals surface area contributed by atoms with Crippen LogP contribution in [-0.4, -0.2) is 55.7 Å². The first kappa shape index (κ1) is 18.4. The predicted octanol–water partition coefficient (Wildman–Crippen LogP) is -0.718. The van der Waals surface area contributed by atoms with Crippen LogP contribution in [-0.2, 0) is 25.4 Å². The number of imidazole rings is 1. The summed E-state index contributed by atoms with van der Waals surface area (Å²) in [7, 11) is 3.00. The van der Waals surface area contributed by atoms with Crippen LogP contribution in [0.3, 0.4) is 0 Å². The van der Waals surface area contributed by atoms with Crippen molar-refractivity contribution in [2.75, 3.05) is 26.2 Å². The highest BCUT2D eigenvalue weighted by Gasteiger charge is 2.24. The summed E-state index contributed by atoms with van der Waals surface area (Å²) in [5, 5.41) is 3.36. The zero-order valence-electron chi connectivity index (χ0n) is 15.6. The number of nitrogens with one attached hydrogen (secondary N) is 1. The number of amides is 1. The maximum absolute atomic E-state index is 12.7. The number of rotatable bonds is 5. The van der Waals surface area contributed by atoms with Gasteiger partial charge in [0, 0.05) is 27.2 Å². The van der Waals surface area contributed by atoms with Crippen molar-refractivity contribution in [2.45, 2.75) is 26.3 Å². The standard InChI is InChI=1S/C17H26N6O3/c1-4-18-9-12-5-7-22(8-6-12)13(24)10-23-11-19-15-14(23)16(25)21(3)17(26)20(15)2/h11-12,18H,4-10H2,1-3H3. The zero-order valence-corrected chi connectivity index (χ0v) is 15.6. The molecule has 0 bridgehead atoms. The largest absolute Gasteiger partial charge is 0.341 e. The molecule has 3 heterocycles. The number of fused-ring (bicyclic) bond motifs is 1. The van der Waals surface area contributed by atoms with E-state index in [9.17, 15) is 14.4 Å². The Morgan fingerprint density at radius 2 is 1.92 bits per heavy atom. The van der Waals surface area contributed by atoms with E-state index in [4.69, 9.17) is 0 Å². The number of likely N-dealkylation sites (tertiary alicyclic amines) is 1. The van der Waals surface area contributed by atoms with Gasteiger partial charge in [-0.1, -0.05) is 6.92 Å². The number of hydrogen-bond donors (Lipinski definition) is 1. The maximum Gasteiger partial charge on any atom is 0.332 e. The summed E-state index contributed by atoms with van der Waals surface area (Å²) >= 11 is 0. The number of carbonyl (C=O) groups is 1. The number of nitrogens with zero attached hydrogens (tertiary/aromatic N) is 5. The first-order chi connectivity index (χ1) is 12.4. The summed E-state index contributed by atoms with van der Waals surface area (Å²) < 4.78 is 3.91. The summed E-state index contributed by atoms with van der Waals surface area (Å²) in [5.41, 5.74) is -0.278. The highest BCUT2D eigenvalue weighted by molar-refractivity contribution is 5.79. The third-order valence-corrected chi connectivity index (χ3v) is 5.17. The van der Waals surface area contributed by atoms with Crippen LogP contribution in [0.25, 0.3) is 11.2 Å². The molecule has 0 radical (unpaired) electrons. The van der Waals surface area contributed by atoms with Gasteiger partial charge in [-0.2, -0.15) is 0 Å². The highest BCUT2D eigenvalue weighted by atomic mass is 16.2. The molecule has 0 saturated carbocycles. The van der Waals surface area contributed by atoms with Gasteiger partial charge in [0.2, 0.25) is 5.91 Å². The van der Waals surface area contributed by atoms with Gasteiger partial charge in [-0.3, -0.25) is 18.7 Å². The molecule has 1 amide bonds. The normalized spacial score (nSPS) is 15.7. The second kappa shape index (κ2) is 7.45. The summed E-state index contributed by atoms with van der Waals surface area (Å²) in [5.74, 6) is 0.581. The molecule has 0 spiro atoms. The van der Waals surface area contributed by atoms with Crippen LogP contribution in [0.2, 0.25) is 0 Å². The molecule has 1 saturated heterocycles. The number of aryl methyl sites for hydroxylation is 1. The molecule has 0 aliphatic carbocycles. The monoisotopic (exact) mass is 362 g/mol. The van der Waals surface area contributed by atoms with Gasteiger partial charge >= 0.3 is 5.69 Å². The lowest BCUT2D eigenvalue weighted by molar-refractivity contribution is -0.133. The molecule has 9 heteroatoms. The molecule has 0 aromatic carbocycles. The van der Waals surface area contributed by atoms with Gasteiger partial charge in [0.1, 0.15) is 6.54 Å². The molecular weight excluding hydrogens is 336 g/mol. The van der Waals surface area contributed by atoms with E-state index in [0.717, 1.165) is 43.6 Å². The van der Waals surface area contributed by atoms with Crippen molar-refractivity contribution in [2.24, 2.45) is 20.0 Å². The van der Waals surface area contributed by atoms with E-state index in [0.29, 0.717) is 11.6 Å². The fourth-order valence-electron chi connectivity index (χ4n) is 3.50. The van der Waals surface area contributed by atoms with Crippen LogP contribution in [0.4, 0.5) is 0 Å². The van der Waals surface area contributed by atoms with E-state index < -0.39 is 11.2 Å². The van der Waals surface area contributed by atoms with E-state index in [1.54, 1.807) is 11.6 Å². The van der Waals surface area contributed by atoms with E-state index in [-0.39, 0.29) is 18.0 Å². The molecular formula is C17H26N6O3. The second-order valence-corrected chi connectivity index (χ2v) is 6.88. The minimum absolute atomic E-state index is 0.0258. The second-order valence-electron chi connectivity index (χ2n) is 6.88. The van der Waals surface area contributed by atoms with Crippen molar-refractivity contribution < 1.29 is 4.79 Å². The topological polar surface area (TPSA) is 94.2 Å². The number of piperidine rings is 1. The first-order valence-electron chi connectivity index (χ1n) is 9.03. The van der Waals surface area contributed by atoms with Gasteiger partial charge in [0.25, 0.3) is 5.56 Å². The minimum atomic E-state index is -0.433. The van der Waals surface area contributed by atoms with Gasteiger partial charge in [0.15, 0.2) is 11.2 Å². The molecule has 2 aromatic heterocycles. The minimum Gasteiger partial charge on any atom is -0.341 e. The third kappa shape index (κ3) is 3.31. The SMILES string of the molecule is CCNCC1CCN(C(=O)Cn2cnc3c2c(=O)n(C)c(=O)n3C)CC1. The van der Waals surface area contributed by atoms with E-state index in [1.807, 2.05) is 4.90 Å². The third-order valence-electron chi connectivity index (χ3n) is 5.17. The Bertz CT molecular complexity index is 917. The van der Waals surface area contributed by atoms with Crippen LogP contribution >= 0.6 is 0 Å². The van der Waals surface area contributed by atoms with Crippen molar-refractivity contribution in [3.63, 3.8) is 0 Å². The fourth-order valence-corrected chi connectivity index (χ4v) is 3.50. The molecule has 1 fully saturated rings. The Labute approximate surface area is 151 Å². The summed E-state index contributed by atoms with van der Waals surface area (Å²) in [6.45, 7) is 5.57. The Morgan fingerprint density at radius 1 is 1.23 bits per heavy atom. The molecule has 0 unspecified atom stereocenters. The van der Waals surface area contributed by atoms with Gasteiger partial charge in [-0.05, 0) is 31.8 Å². The first-order valence-corrected chi connectivity index (χ1v) is 9.03. The van der Waals surface area contributed by atoms with Crippen molar-refractivity contribution in [1.29, 1.82) is 0 Å². The van der Waals surface area contributed by atoms with Crippen molar-refractivity contribution in [3.05, 3.63) is 27.2 Å². The maximum atomic E-state index is 12.7. The fraction of sp³-hybridized carbons (Fsp3) is 0.647. The highest BCUT2D eigenvalue weighted by Crippen LogP contribution is 2.17. The molecule has 9 nitrogen and oxygen atoms in total. The molecule has 3 rings (SSSR count). The summed E-state index contributed by atoms with van der Waals surface area (Å²) in [6, 6.07) is 0. The molecule has 1 aliphatic heterocycles. The number of aromatic nitrogens is 4. The van der Waals surface area contributed by atoms with Crippen LogP contribution < -0.4 is 16.6 Å². The van der Waals surface area contributed by atoms with Gasteiger partial charge in [0.05, 0.1) is 6.33 Å². The lowest BCUT2D eigenvalue weighted by atomic mass is 9.97. The summed E-state index contributed by atoms with van der Waals surface area (Å²) in [4.78, 5) is 43.1. The molecule has 0 atom stereocenters. The van der Waals surface area contributed by atoms with Crippen LogP contribution in [0.1, 0.15) is 19.8 Å². The Kier molecular flexibility index (Phi) is 5.26. The van der Waals surface area contributed by atoms with Gasteiger partial charge < -0.3 is 14.8 Å². The molecule has 1 N–H and O–H groups in total. The lowest BCUT2D eigenvalue weighted by Crippen LogP contribution is -2.42. The quantitative estimate of drug-likeness (QED) is 0.758. The van der Waals surface area contributed by atoms with Crippen LogP contribution in [0, 0.1) is 5.92 Å². The molecule has 142 valence electrons. The van der Waals surface area contributed by atoms with Gasteiger partial charge in [-0.15, -0.1) is 0 Å². The smallest absolute Gasteiger partial charge is 0.332 e. The van der Waals surface area contributed by atoms with Crippen molar-refractivity contribution in [3.8, 4) is 0 Å². The van der Waals surface area contributed by atoms with Gasteiger partial charge in [-0.25, -0.2) is 9.78 Å². The number of carbonyl (C=O) groups excluding carboxylic acids is 1. The lowest BCUT2D eigenvalue weighted by Gasteiger charge is -2.32. The van der Waals surface area contributed by atoms with Crippen LogP contribution in [0.5, 0.6) is 0 Å². The average molecular weight is 362 g/mol. The molecule has 1 aliphatic rings. The van der Waals surface area contributed by atoms with E-state index in [1.165, 1.54) is 17.9 Å². The average Bonchev–Trinajstić information content (AvgIpc) is 3.07. The van der Waals surface area contributed by atoms with Crippen LogP contribution in [0.15, 0.2) is 15.9 Å². The molecule has 26 heavy (non-hydrogen) atoms. The predicted molar refractivity (Wildman–Crippen MR) is 98.1 cm³/mol. The Morgan fingerprint density at radius 3 is 2.58 bits per heavy atom.